The summed E-state index contributed by atoms with van der Waals surface area (Å²) in [4.78, 5) is 14.8. The number of hydrogen-bond donors (Lipinski definition) is 1. The smallest absolute Gasteiger partial charge is 0.296 e. The van der Waals surface area contributed by atoms with E-state index < -0.39 is 5.97 Å². The molecule has 0 saturated heterocycles. The van der Waals surface area contributed by atoms with E-state index in [0.717, 1.165) is 5.56 Å². The molecule has 78 valence electrons. The minimum atomic E-state index is -0.751. The molecule has 15 heavy (non-hydrogen) atoms. The van der Waals surface area contributed by atoms with Crippen molar-refractivity contribution in [3.05, 3.63) is 54.1 Å². The van der Waals surface area contributed by atoms with Gasteiger partial charge in [-0.3, -0.25) is 4.89 Å². The normalized spacial score (nSPS) is 10.9. The average molecular weight is 204 g/mol. The van der Waals surface area contributed by atoms with E-state index in [9.17, 15) is 4.79 Å². The lowest BCUT2D eigenvalue weighted by atomic mass is 10.1. The summed E-state index contributed by atoms with van der Waals surface area (Å²) in [6.07, 6.45) is 3.58. The quantitative estimate of drug-likeness (QED) is 0.355. The minimum Gasteiger partial charge on any atom is -0.296 e. The maximum absolute atomic E-state index is 11.1. The Morgan fingerprint density at radius 2 is 2.07 bits per heavy atom. The molecule has 0 amide bonds. The fraction of sp³-hybridized carbons (Fsp3) is 0.0833. The van der Waals surface area contributed by atoms with Gasteiger partial charge in [0.1, 0.15) is 0 Å². The van der Waals surface area contributed by atoms with Crippen LogP contribution in [0.5, 0.6) is 0 Å². The molecule has 0 saturated carbocycles. The molecule has 0 unspecified atom stereocenters. The molecule has 0 radical (unpaired) electrons. The highest BCUT2D eigenvalue weighted by Gasteiger charge is 2.08. The van der Waals surface area contributed by atoms with Gasteiger partial charge in [0, 0.05) is 5.57 Å². The lowest BCUT2D eigenvalue weighted by Crippen LogP contribution is -2.04. The Bertz CT molecular complexity index is 366. The molecule has 0 heterocycles. The second-order valence-corrected chi connectivity index (χ2v) is 2.95. The molecular weight excluding hydrogens is 192 g/mol. The van der Waals surface area contributed by atoms with Crippen molar-refractivity contribution in [2.24, 2.45) is 0 Å². The van der Waals surface area contributed by atoms with Gasteiger partial charge in [-0.05, 0) is 18.1 Å². The third-order valence-corrected chi connectivity index (χ3v) is 1.85. The van der Waals surface area contributed by atoms with Crippen molar-refractivity contribution < 1.29 is 14.9 Å². The second-order valence-electron chi connectivity index (χ2n) is 2.95. The Kier molecular flexibility index (Phi) is 4.31. The highest BCUT2D eigenvalue weighted by atomic mass is 17.1. The Labute approximate surface area is 88.2 Å². The van der Waals surface area contributed by atoms with Gasteiger partial charge in [-0.25, -0.2) is 4.79 Å². The van der Waals surface area contributed by atoms with Crippen LogP contribution in [0.1, 0.15) is 12.0 Å². The van der Waals surface area contributed by atoms with E-state index in [4.69, 9.17) is 5.26 Å². The van der Waals surface area contributed by atoms with Crippen molar-refractivity contribution in [1.29, 1.82) is 0 Å². The summed E-state index contributed by atoms with van der Waals surface area (Å²) in [5, 5.41) is 8.29. The van der Waals surface area contributed by atoms with Gasteiger partial charge in [0.2, 0.25) is 0 Å². The minimum absolute atomic E-state index is 0.355. The summed E-state index contributed by atoms with van der Waals surface area (Å²) < 4.78 is 0. The van der Waals surface area contributed by atoms with Crippen LogP contribution in [0.15, 0.2) is 48.6 Å². The Morgan fingerprint density at radius 3 is 2.60 bits per heavy atom. The third-order valence-electron chi connectivity index (χ3n) is 1.85. The fourth-order valence-electron chi connectivity index (χ4n) is 1.17. The number of allylic oxidation sites excluding steroid dienone is 1. The van der Waals surface area contributed by atoms with Gasteiger partial charge in [0.05, 0.1) is 0 Å². The molecule has 1 N–H and O–H groups in total. The van der Waals surface area contributed by atoms with Crippen LogP contribution in [0.25, 0.3) is 6.08 Å². The molecule has 0 aliphatic heterocycles. The maximum Gasteiger partial charge on any atom is 0.369 e. The SMILES string of the molecule is C=CCC(=Cc1ccccc1)C(=O)OO. The summed E-state index contributed by atoms with van der Waals surface area (Å²) in [7, 11) is 0. The Balaban J connectivity index is 2.93. The van der Waals surface area contributed by atoms with Crippen LogP contribution in [0, 0.1) is 0 Å². The van der Waals surface area contributed by atoms with Gasteiger partial charge in [0.15, 0.2) is 0 Å². The highest BCUT2D eigenvalue weighted by molar-refractivity contribution is 5.93. The first-order valence-electron chi connectivity index (χ1n) is 4.50. The third kappa shape index (κ3) is 3.40. The van der Waals surface area contributed by atoms with Crippen molar-refractivity contribution in [1.82, 2.24) is 0 Å². The zero-order valence-corrected chi connectivity index (χ0v) is 8.22. The number of rotatable bonds is 4. The predicted molar refractivity (Wildman–Crippen MR) is 58.0 cm³/mol. The van der Waals surface area contributed by atoms with E-state index in [1.165, 1.54) is 0 Å². The van der Waals surface area contributed by atoms with Crippen molar-refractivity contribution in [3.8, 4) is 0 Å². The zero-order valence-electron chi connectivity index (χ0n) is 8.22. The molecule has 3 nitrogen and oxygen atoms in total. The molecule has 0 fully saturated rings. The van der Waals surface area contributed by atoms with Gasteiger partial charge >= 0.3 is 5.97 Å². The molecule has 0 spiro atoms. The van der Waals surface area contributed by atoms with Crippen LogP contribution in [0.4, 0.5) is 0 Å². The second kappa shape index (κ2) is 5.78. The van der Waals surface area contributed by atoms with Crippen LogP contribution >= 0.6 is 0 Å². The van der Waals surface area contributed by atoms with Crippen LogP contribution in [-0.2, 0) is 9.68 Å². The standard InChI is InChI=1S/C12H12O3/c1-2-6-11(12(13)15-14)9-10-7-4-3-5-8-10/h2-5,7-9,14H,1,6H2. The lowest BCUT2D eigenvalue weighted by molar-refractivity contribution is -0.229. The van der Waals surface area contributed by atoms with Gasteiger partial charge in [0.25, 0.3) is 0 Å². The number of carbonyl (C=O) groups excluding carboxylic acids is 1. The van der Waals surface area contributed by atoms with Gasteiger partial charge in [-0.1, -0.05) is 36.4 Å². The van der Waals surface area contributed by atoms with Crippen molar-refractivity contribution in [3.63, 3.8) is 0 Å². The van der Waals surface area contributed by atoms with Gasteiger partial charge in [-0.2, -0.15) is 5.26 Å². The Morgan fingerprint density at radius 1 is 1.40 bits per heavy atom. The van der Waals surface area contributed by atoms with E-state index in [2.05, 4.69) is 11.5 Å². The first-order chi connectivity index (χ1) is 7.27. The van der Waals surface area contributed by atoms with Crippen molar-refractivity contribution in [2.45, 2.75) is 6.42 Å². The maximum atomic E-state index is 11.1. The molecule has 0 aliphatic rings. The van der Waals surface area contributed by atoms with Crippen LogP contribution in [0.2, 0.25) is 0 Å². The molecule has 3 heteroatoms. The molecule has 0 aromatic heterocycles. The summed E-state index contributed by atoms with van der Waals surface area (Å²) >= 11 is 0. The Hall–Kier alpha value is -1.87. The molecule has 0 aliphatic carbocycles. The summed E-state index contributed by atoms with van der Waals surface area (Å²) in [5.41, 5.74) is 1.23. The highest BCUT2D eigenvalue weighted by Crippen LogP contribution is 2.11. The van der Waals surface area contributed by atoms with Crippen LogP contribution < -0.4 is 0 Å². The fourth-order valence-corrected chi connectivity index (χ4v) is 1.17. The molecule has 1 aromatic carbocycles. The van der Waals surface area contributed by atoms with E-state index in [-0.39, 0.29) is 0 Å². The summed E-state index contributed by atoms with van der Waals surface area (Å²) in [6.45, 7) is 3.53. The number of carbonyl (C=O) groups is 1. The number of hydrogen-bond acceptors (Lipinski definition) is 3. The molecule has 1 aromatic rings. The van der Waals surface area contributed by atoms with Crippen LogP contribution in [0.3, 0.4) is 0 Å². The molecule has 1 rings (SSSR count). The van der Waals surface area contributed by atoms with Crippen LogP contribution in [-0.4, -0.2) is 11.2 Å². The first kappa shape index (κ1) is 11.2. The largest absolute Gasteiger partial charge is 0.369 e. The summed E-state index contributed by atoms with van der Waals surface area (Å²) in [5.74, 6) is -0.751. The van der Waals surface area contributed by atoms with E-state index in [1.54, 1.807) is 12.2 Å². The van der Waals surface area contributed by atoms with E-state index >= 15 is 0 Å². The van der Waals surface area contributed by atoms with Crippen molar-refractivity contribution in [2.75, 3.05) is 0 Å². The molecule has 0 bridgehead atoms. The first-order valence-corrected chi connectivity index (χ1v) is 4.50. The van der Waals surface area contributed by atoms with Crippen molar-refractivity contribution >= 4 is 12.0 Å². The average Bonchev–Trinajstić information content (AvgIpc) is 2.29. The summed E-state index contributed by atoms with van der Waals surface area (Å²) in [6, 6.07) is 9.32. The van der Waals surface area contributed by atoms with E-state index in [1.807, 2.05) is 30.3 Å². The van der Waals surface area contributed by atoms with Gasteiger partial charge < -0.3 is 0 Å². The lowest BCUT2D eigenvalue weighted by Gasteiger charge is -2.00. The predicted octanol–water partition coefficient (Wildman–Crippen LogP) is 2.66. The molecule has 0 atom stereocenters. The zero-order chi connectivity index (χ0) is 11.1. The van der Waals surface area contributed by atoms with Gasteiger partial charge in [-0.15, -0.1) is 6.58 Å². The monoisotopic (exact) mass is 204 g/mol. The van der Waals surface area contributed by atoms with E-state index in [0.29, 0.717) is 12.0 Å². The number of benzene rings is 1. The molecular formula is C12H12O3. The topological polar surface area (TPSA) is 46.5 Å².